The maximum Gasteiger partial charge on any atom is 0.146 e. The third kappa shape index (κ3) is 3.57. The third-order valence-corrected chi connectivity index (χ3v) is 3.59. The average molecular weight is 360 g/mol. The standard InChI is InChI=1S/C15H13BrF3NO/c1-8(20)10-3-2-9(17)6-14(10)21-7-11-13(18)5-4-12(16)15(11)19/h2-6,8H,7,20H2,1H3. The summed E-state index contributed by atoms with van der Waals surface area (Å²) >= 11 is 2.98. The summed E-state index contributed by atoms with van der Waals surface area (Å²) in [6.07, 6.45) is 0. The number of hydrogen-bond donors (Lipinski definition) is 1. The van der Waals surface area contributed by atoms with Gasteiger partial charge in [-0.2, -0.15) is 0 Å². The minimum Gasteiger partial charge on any atom is -0.488 e. The summed E-state index contributed by atoms with van der Waals surface area (Å²) in [5, 5.41) is 0. The van der Waals surface area contributed by atoms with Crippen LogP contribution in [0.2, 0.25) is 0 Å². The highest BCUT2D eigenvalue weighted by atomic mass is 79.9. The van der Waals surface area contributed by atoms with E-state index >= 15 is 0 Å². The first kappa shape index (κ1) is 15.9. The van der Waals surface area contributed by atoms with Gasteiger partial charge in [-0.3, -0.25) is 0 Å². The van der Waals surface area contributed by atoms with Crippen molar-refractivity contribution >= 4 is 15.9 Å². The smallest absolute Gasteiger partial charge is 0.146 e. The average Bonchev–Trinajstić information content (AvgIpc) is 2.43. The fourth-order valence-corrected chi connectivity index (χ4v) is 2.23. The highest BCUT2D eigenvalue weighted by Gasteiger charge is 2.15. The zero-order valence-corrected chi connectivity index (χ0v) is 12.8. The number of ether oxygens (including phenoxy) is 1. The molecule has 0 fully saturated rings. The molecule has 0 spiro atoms. The first-order chi connectivity index (χ1) is 9.90. The van der Waals surface area contributed by atoms with Gasteiger partial charge in [0, 0.05) is 17.7 Å². The van der Waals surface area contributed by atoms with E-state index in [1.807, 2.05) is 0 Å². The maximum atomic E-state index is 13.8. The summed E-state index contributed by atoms with van der Waals surface area (Å²) in [5.41, 5.74) is 6.09. The number of nitrogens with two attached hydrogens (primary N) is 1. The monoisotopic (exact) mass is 359 g/mol. The van der Waals surface area contributed by atoms with Gasteiger partial charge in [-0.1, -0.05) is 6.07 Å². The Bertz CT molecular complexity index is 662. The van der Waals surface area contributed by atoms with Crippen molar-refractivity contribution in [1.29, 1.82) is 0 Å². The van der Waals surface area contributed by atoms with Gasteiger partial charge in [0.25, 0.3) is 0 Å². The van der Waals surface area contributed by atoms with Crippen molar-refractivity contribution in [2.24, 2.45) is 5.73 Å². The van der Waals surface area contributed by atoms with Crippen molar-refractivity contribution in [2.45, 2.75) is 19.6 Å². The maximum absolute atomic E-state index is 13.8. The Morgan fingerprint density at radius 1 is 1.19 bits per heavy atom. The molecule has 0 amide bonds. The first-order valence-electron chi connectivity index (χ1n) is 6.20. The molecule has 0 saturated carbocycles. The molecule has 2 rings (SSSR count). The number of rotatable bonds is 4. The molecule has 0 bridgehead atoms. The Kier molecular flexibility index (Phi) is 4.90. The summed E-state index contributed by atoms with van der Waals surface area (Å²) in [6.45, 7) is 1.35. The molecule has 1 atom stereocenters. The molecule has 0 aliphatic carbocycles. The van der Waals surface area contributed by atoms with E-state index in [4.69, 9.17) is 10.5 Å². The second kappa shape index (κ2) is 6.49. The Morgan fingerprint density at radius 3 is 2.57 bits per heavy atom. The molecule has 2 nitrogen and oxygen atoms in total. The lowest BCUT2D eigenvalue weighted by Crippen LogP contribution is -2.09. The fourth-order valence-electron chi connectivity index (χ4n) is 1.86. The summed E-state index contributed by atoms with van der Waals surface area (Å²) in [4.78, 5) is 0. The highest BCUT2D eigenvalue weighted by Crippen LogP contribution is 2.27. The van der Waals surface area contributed by atoms with Crippen LogP contribution in [0.1, 0.15) is 24.1 Å². The number of halogens is 4. The molecule has 0 aliphatic rings. The molecule has 1 unspecified atom stereocenters. The van der Waals surface area contributed by atoms with E-state index in [9.17, 15) is 13.2 Å². The van der Waals surface area contributed by atoms with Crippen LogP contribution in [-0.4, -0.2) is 0 Å². The molecule has 21 heavy (non-hydrogen) atoms. The van der Waals surface area contributed by atoms with Crippen molar-refractivity contribution in [3.8, 4) is 5.75 Å². The molecule has 0 heterocycles. The normalized spacial score (nSPS) is 12.3. The molecule has 0 aromatic heterocycles. The number of benzene rings is 2. The van der Waals surface area contributed by atoms with Gasteiger partial charge in [-0.25, -0.2) is 13.2 Å². The van der Waals surface area contributed by atoms with Crippen LogP contribution in [0.4, 0.5) is 13.2 Å². The molecule has 0 radical (unpaired) electrons. The Labute approximate surface area is 128 Å². The van der Waals surface area contributed by atoms with E-state index in [0.717, 1.165) is 12.1 Å². The van der Waals surface area contributed by atoms with Gasteiger partial charge in [0.1, 0.15) is 29.8 Å². The van der Waals surface area contributed by atoms with Gasteiger partial charge >= 0.3 is 0 Å². The second-order valence-corrected chi connectivity index (χ2v) is 5.44. The van der Waals surface area contributed by atoms with Crippen LogP contribution >= 0.6 is 15.9 Å². The van der Waals surface area contributed by atoms with Crippen molar-refractivity contribution in [2.75, 3.05) is 0 Å². The predicted octanol–water partition coefficient (Wildman–Crippen LogP) is 4.47. The van der Waals surface area contributed by atoms with Gasteiger partial charge in [0.15, 0.2) is 0 Å². The van der Waals surface area contributed by atoms with Gasteiger partial charge < -0.3 is 10.5 Å². The lowest BCUT2D eigenvalue weighted by atomic mass is 10.1. The van der Waals surface area contributed by atoms with Gasteiger partial charge in [-0.05, 0) is 41.1 Å². The fraction of sp³-hybridized carbons (Fsp3) is 0.200. The quantitative estimate of drug-likeness (QED) is 0.817. The molecule has 0 saturated heterocycles. The highest BCUT2D eigenvalue weighted by molar-refractivity contribution is 9.10. The summed E-state index contributed by atoms with van der Waals surface area (Å²) in [5.74, 6) is -1.81. The van der Waals surface area contributed by atoms with E-state index in [1.54, 1.807) is 6.92 Å². The molecule has 6 heteroatoms. The van der Waals surface area contributed by atoms with Crippen LogP contribution in [-0.2, 0) is 6.61 Å². The van der Waals surface area contributed by atoms with E-state index in [2.05, 4.69) is 15.9 Å². The topological polar surface area (TPSA) is 35.2 Å². The number of hydrogen-bond acceptors (Lipinski definition) is 2. The van der Waals surface area contributed by atoms with Crippen LogP contribution in [0.15, 0.2) is 34.8 Å². The Hall–Kier alpha value is -1.53. The molecule has 2 N–H and O–H groups in total. The lowest BCUT2D eigenvalue weighted by molar-refractivity contribution is 0.286. The third-order valence-electron chi connectivity index (χ3n) is 2.98. The van der Waals surface area contributed by atoms with Crippen molar-refractivity contribution in [3.63, 3.8) is 0 Å². The molecule has 112 valence electrons. The van der Waals surface area contributed by atoms with Crippen LogP contribution < -0.4 is 10.5 Å². The van der Waals surface area contributed by atoms with Crippen molar-refractivity contribution in [1.82, 2.24) is 0 Å². The Morgan fingerprint density at radius 2 is 1.90 bits per heavy atom. The Balaban J connectivity index is 2.29. The summed E-state index contributed by atoms with van der Waals surface area (Å²) in [6, 6.07) is 5.90. The van der Waals surface area contributed by atoms with Gasteiger partial charge in [0.2, 0.25) is 0 Å². The van der Waals surface area contributed by atoms with E-state index in [1.165, 1.54) is 18.2 Å². The van der Waals surface area contributed by atoms with Crippen LogP contribution in [0, 0.1) is 17.5 Å². The van der Waals surface area contributed by atoms with Crippen LogP contribution in [0.5, 0.6) is 5.75 Å². The van der Waals surface area contributed by atoms with E-state index in [-0.39, 0.29) is 22.4 Å². The minimum absolute atomic E-state index is 0.133. The van der Waals surface area contributed by atoms with E-state index in [0.29, 0.717) is 5.56 Å². The lowest BCUT2D eigenvalue weighted by Gasteiger charge is -2.15. The van der Waals surface area contributed by atoms with E-state index < -0.39 is 23.5 Å². The van der Waals surface area contributed by atoms with Crippen LogP contribution in [0.3, 0.4) is 0 Å². The summed E-state index contributed by atoms with van der Waals surface area (Å²) < 4.78 is 46.2. The van der Waals surface area contributed by atoms with Crippen molar-refractivity contribution < 1.29 is 17.9 Å². The van der Waals surface area contributed by atoms with Gasteiger partial charge in [-0.15, -0.1) is 0 Å². The van der Waals surface area contributed by atoms with Gasteiger partial charge in [0.05, 0.1) is 10.0 Å². The van der Waals surface area contributed by atoms with Crippen molar-refractivity contribution in [3.05, 3.63) is 63.4 Å². The molecule has 0 aliphatic heterocycles. The first-order valence-corrected chi connectivity index (χ1v) is 6.99. The molecule has 2 aromatic carbocycles. The summed E-state index contributed by atoms with van der Waals surface area (Å²) in [7, 11) is 0. The van der Waals surface area contributed by atoms with Crippen LogP contribution in [0.25, 0.3) is 0 Å². The molecular formula is C15H13BrF3NO. The predicted molar refractivity (Wildman–Crippen MR) is 77.4 cm³/mol. The largest absolute Gasteiger partial charge is 0.488 e. The minimum atomic E-state index is -0.742. The second-order valence-electron chi connectivity index (χ2n) is 4.58. The SMILES string of the molecule is CC(N)c1ccc(F)cc1OCc1c(F)ccc(Br)c1F. The zero-order valence-electron chi connectivity index (χ0n) is 11.2. The molecular weight excluding hydrogens is 347 g/mol. The zero-order chi connectivity index (χ0) is 15.6. The molecule has 2 aromatic rings.